The molecule has 0 amide bonds. The average Bonchev–Trinajstić information content (AvgIpc) is 3.17. The molecular weight excluding hydrogens is 318 g/mol. The van der Waals surface area contributed by atoms with Crippen LogP contribution >= 0.6 is 12.4 Å². The van der Waals surface area contributed by atoms with Crippen LogP contribution in [0.4, 0.5) is 0 Å². The van der Waals surface area contributed by atoms with Gasteiger partial charge >= 0.3 is 0 Å². The normalized spacial score (nSPS) is 16.0. The van der Waals surface area contributed by atoms with Crippen LogP contribution in [0.1, 0.15) is 37.1 Å². The van der Waals surface area contributed by atoms with E-state index in [1.807, 2.05) is 19.1 Å². The lowest BCUT2D eigenvalue weighted by molar-refractivity contribution is 0.371. The average molecular weight is 340 g/mol. The van der Waals surface area contributed by atoms with Crippen LogP contribution in [0.3, 0.4) is 0 Å². The van der Waals surface area contributed by atoms with Gasteiger partial charge in [-0.1, -0.05) is 18.0 Å². The standard InChI is InChI=1S/C16H21N3O3.ClH/c1-10-12(20-2)8-11(9-13(10)21-3)14-18-15(19-22-14)16(17)6-4-5-7-16;/h8-9H,4-7,17H2,1-3H3;1H. The van der Waals surface area contributed by atoms with Crippen LogP contribution in [-0.4, -0.2) is 24.4 Å². The third kappa shape index (κ3) is 3.14. The third-order valence-electron chi connectivity index (χ3n) is 4.37. The Morgan fingerprint density at radius 1 is 1.13 bits per heavy atom. The molecule has 1 heterocycles. The molecular formula is C16H22ClN3O3. The monoisotopic (exact) mass is 339 g/mol. The SMILES string of the molecule is COc1cc(-c2nc(C3(N)CCCC3)no2)cc(OC)c1C.Cl. The lowest BCUT2D eigenvalue weighted by Gasteiger charge is -2.17. The van der Waals surface area contributed by atoms with Crippen LogP contribution in [0, 0.1) is 6.92 Å². The Bertz CT molecular complexity index is 656. The Kier molecular flexibility index (Phi) is 5.16. The van der Waals surface area contributed by atoms with Crippen LogP contribution in [0.25, 0.3) is 11.5 Å². The summed E-state index contributed by atoms with van der Waals surface area (Å²) in [7, 11) is 3.25. The summed E-state index contributed by atoms with van der Waals surface area (Å²) in [6, 6.07) is 3.74. The first-order chi connectivity index (χ1) is 10.6. The summed E-state index contributed by atoms with van der Waals surface area (Å²) in [6.07, 6.45) is 4.00. The minimum absolute atomic E-state index is 0. The first-order valence-electron chi connectivity index (χ1n) is 7.43. The van der Waals surface area contributed by atoms with Crippen molar-refractivity contribution >= 4 is 12.4 Å². The van der Waals surface area contributed by atoms with Crippen molar-refractivity contribution in [2.24, 2.45) is 5.73 Å². The number of rotatable bonds is 4. The summed E-state index contributed by atoms with van der Waals surface area (Å²) in [5.74, 6) is 2.46. The number of nitrogens with zero attached hydrogens (tertiary/aromatic N) is 2. The van der Waals surface area contributed by atoms with Crippen LogP contribution in [0.2, 0.25) is 0 Å². The smallest absolute Gasteiger partial charge is 0.258 e. The van der Waals surface area contributed by atoms with E-state index in [9.17, 15) is 0 Å². The maximum absolute atomic E-state index is 6.37. The fourth-order valence-corrected chi connectivity index (χ4v) is 2.98. The molecule has 3 rings (SSSR count). The lowest BCUT2D eigenvalue weighted by Crippen LogP contribution is -2.34. The first kappa shape index (κ1) is 17.6. The van der Waals surface area contributed by atoms with Gasteiger partial charge in [0.2, 0.25) is 0 Å². The molecule has 1 aliphatic carbocycles. The number of ether oxygens (including phenoxy) is 2. The second-order valence-corrected chi connectivity index (χ2v) is 5.79. The van der Waals surface area contributed by atoms with E-state index < -0.39 is 5.54 Å². The summed E-state index contributed by atoms with van der Waals surface area (Å²) in [5.41, 5.74) is 7.61. The molecule has 2 N–H and O–H groups in total. The number of hydrogen-bond acceptors (Lipinski definition) is 6. The van der Waals surface area contributed by atoms with Gasteiger partial charge in [-0.25, -0.2) is 0 Å². The summed E-state index contributed by atoms with van der Waals surface area (Å²) in [4.78, 5) is 4.50. The lowest BCUT2D eigenvalue weighted by atomic mass is 9.98. The number of aromatic nitrogens is 2. The van der Waals surface area contributed by atoms with E-state index in [0.29, 0.717) is 11.7 Å². The molecule has 6 nitrogen and oxygen atoms in total. The van der Waals surface area contributed by atoms with Gasteiger partial charge in [-0.15, -0.1) is 12.4 Å². The zero-order chi connectivity index (χ0) is 15.7. The van der Waals surface area contributed by atoms with Crippen molar-refractivity contribution in [3.05, 3.63) is 23.5 Å². The Morgan fingerprint density at radius 3 is 2.22 bits per heavy atom. The molecule has 126 valence electrons. The minimum atomic E-state index is -0.458. The van der Waals surface area contributed by atoms with Crippen molar-refractivity contribution in [2.45, 2.75) is 38.1 Å². The topological polar surface area (TPSA) is 83.4 Å². The van der Waals surface area contributed by atoms with Gasteiger partial charge in [0.1, 0.15) is 11.5 Å². The van der Waals surface area contributed by atoms with Gasteiger partial charge < -0.3 is 19.7 Å². The maximum atomic E-state index is 6.37. The van der Waals surface area contributed by atoms with Crippen molar-refractivity contribution in [3.63, 3.8) is 0 Å². The Balaban J connectivity index is 0.00000192. The number of halogens is 1. The van der Waals surface area contributed by atoms with E-state index in [-0.39, 0.29) is 12.4 Å². The largest absolute Gasteiger partial charge is 0.496 e. The Hall–Kier alpha value is -1.79. The van der Waals surface area contributed by atoms with E-state index in [0.717, 1.165) is 48.3 Å². The van der Waals surface area contributed by atoms with Gasteiger partial charge in [0.25, 0.3) is 5.89 Å². The van der Waals surface area contributed by atoms with Crippen LogP contribution in [0.5, 0.6) is 11.5 Å². The third-order valence-corrected chi connectivity index (χ3v) is 4.37. The highest BCUT2D eigenvalue weighted by molar-refractivity contribution is 5.85. The van der Waals surface area contributed by atoms with Crippen molar-refractivity contribution < 1.29 is 14.0 Å². The highest BCUT2D eigenvalue weighted by Gasteiger charge is 2.36. The molecule has 0 atom stereocenters. The fraction of sp³-hybridized carbons (Fsp3) is 0.500. The molecule has 1 aromatic carbocycles. The molecule has 7 heteroatoms. The summed E-state index contributed by atoms with van der Waals surface area (Å²) >= 11 is 0. The molecule has 1 aliphatic rings. The predicted molar refractivity (Wildman–Crippen MR) is 89.2 cm³/mol. The predicted octanol–water partition coefficient (Wildman–Crippen LogP) is 3.21. The minimum Gasteiger partial charge on any atom is -0.496 e. The molecule has 1 aromatic heterocycles. The second-order valence-electron chi connectivity index (χ2n) is 5.79. The van der Waals surface area contributed by atoms with Gasteiger partial charge in [-0.3, -0.25) is 0 Å². The van der Waals surface area contributed by atoms with Crippen LogP contribution in [-0.2, 0) is 5.54 Å². The fourth-order valence-electron chi connectivity index (χ4n) is 2.98. The van der Waals surface area contributed by atoms with E-state index in [2.05, 4.69) is 10.1 Å². The zero-order valence-corrected chi connectivity index (χ0v) is 14.4. The first-order valence-corrected chi connectivity index (χ1v) is 7.43. The molecule has 0 radical (unpaired) electrons. The van der Waals surface area contributed by atoms with E-state index >= 15 is 0 Å². The van der Waals surface area contributed by atoms with Gasteiger partial charge in [0.05, 0.1) is 19.8 Å². The van der Waals surface area contributed by atoms with Gasteiger partial charge in [0.15, 0.2) is 5.82 Å². The molecule has 1 saturated carbocycles. The quantitative estimate of drug-likeness (QED) is 0.920. The van der Waals surface area contributed by atoms with Crippen LogP contribution < -0.4 is 15.2 Å². The number of hydrogen-bond donors (Lipinski definition) is 1. The van der Waals surface area contributed by atoms with E-state index in [1.165, 1.54) is 0 Å². The molecule has 0 spiro atoms. The van der Waals surface area contributed by atoms with Gasteiger partial charge in [-0.05, 0) is 31.9 Å². The molecule has 0 bridgehead atoms. The summed E-state index contributed by atoms with van der Waals surface area (Å²) < 4.78 is 16.2. The zero-order valence-electron chi connectivity index (χ0n) is 13.6. The molecule has 2 aromatic rings. The Labute approximate surface area is 141 Å². The number of benzene rings is 1. The summed E-state index contributed by atoms with van der Waals surface area (Å²) in [6.45, 7) is 1.94. The van der Waals surface area contributed by atoms with Gasteiger partial charge in [-0.2, -0.15) is 4.98 Å². The Morgan fingerprint density at radius 2 is 1.70 bits per heavy atom. The molecule has 0 saturated heterocycles. The summed E-state index contributed by atoms with van der Waals surface area (Å²) in [5, 5.41) is 4.09. The molecule has 0 unspecified atom stereocenters. The van der Waals surface area contributed by atoms with Gasteiger partial charge in [0, 0.05) is 11.1 Å². The van der Waals surface area contributed by atoms with Crippen molar-refractivity contribution in [1.29, 1.82) is 0 Å². The maximum Gasteiger partial charge on any atom is 0.258 e. The molecule has 23 heavy (non-hydrogen) atoms. The second kappa shape index (κ2) is 6.76. The number of nitrogens with two attached hydrogens (primary N) is 1. The van der Waals surface area contributed by atoms with E-state index in [4.69, 9.17) is 19.7 Å². The van der Waals surface area contributed by atoms with E-state index in [1.54, 1.807) is 14.2 Å². The van der Waals surface area contributed by atoms with Crippen molar-refractivity contribution in [3.8, 4) is 23.0 Å². The highest BCUT2D eigenvalue weighted by Crippen LogP contribution is 2.37. The number of methoxy groups -OCH3 is 2. The van der Waals surface area contributed by atoms with Crippen LogP contribution in [0.15, 0.2) is 16.7 Å². The van der Waals surface area contributed by atoms with Crippen molar-refractivity contribution in [1.82, 2.24) is 10.1 Å². The highest BCUT2D eigenvalue weighted by atomic mass is 35.5. The molecule has 0 aliphatic heterocycles. The van der Waals surface area contributed by atoms with Crippen molar-refractivity contribution in [2.75, 3.05) is 14.2 Å². The molecule has 1 fully saturated rings.